The van der Waals surface area contributed by atoms with Gasteiger partial charge in [-0.2, -0.15) is 0 Å². The van der Waals surface area contributed by atoms with E-state index in [9.17, 15) is 4.39 Å². The van der Waals surface area contributed by atoms with E-state index in [0.29, 0.717) is 6.61 Å². The van der Waals surface area contributed by atoms with Gasteiger partial charge >= 0.3 is 0 Å². The van der Waals surface area contributed by atoms with E-state index in [1.807, 2.05) is 36.4 Å². The number of ether oxygens (including phenoxy) is 1. The lowest BCUT2D eigenvalue weighted by Gasteiger charge is -2.32. The Labute approximate surface area is 168 Å². The summed E-state index contributed by atoms with van der Waals surface area (Å²) in [6.07, 6.45) is 5.57. The van der Waals surface area contributed by atoms with E-state index in [0.717, 1.165) is 47.8 Å². The summed E-state index contributed by atoms with van der Waals surface area (Å²) in [5.41, 5.74) is 5.09. The van der Waals surface area contributed by atoms with Gasteiger partial charge in [0.15, 0.2) is 0 Å². The molecule has 5 nitrogen and oxygen atoms in total. The molecule has 1 aliphatic heterocycles. The molecule has 6 heteroatoms. The van der Waals surface area contributed by atoms with E-state index in [1.54, 1.807) is 12.4 Å². The number of fused-ring (bicyclic) bond motifs is 1. The molecular weight excluding hydrogens is 367 g/mol. The molecule has 4 heterocycles. The van der Waals surface area contributed by atoms with Gasteiger partial charge in [0.2, 0.25) is 0 Å². The topological polar surface area (TPSA) is 42.7 Å². The Morgan fingerprint density at radius 2 is 1.86 bits per heavy atom. The second-order valence-electron chi connectivity index (χ2n) is 7.26. The minimum atomic E-state index is -0.205. The Hall–Kier alpha value is -3.09. The summed E-state index contributed by atoms with van der Waals surface area (Å²) in [7, 11) is 0. The van der Waals surface area contributed by atoms with Crippen molar-refractivity contribution in [2.45, 2.75) is 12.6 Å². The van der Waals surface area contributed by atoms with Crippen LogP contribution in [0.15, 0.2) is 73.2 Å². The predicted molar refractivity (Wildman–Crippen MR) is 109 cm³/mol. The van der Waals surface area contributed by atoms with Crippen LogP contribution in [0, 0.1) is 5.82 Å². The largest absolute Gasteiger partial charge is 0.369 e. The van der Waals surface area contributed by atoms with Crippen molar-refractivity contribution in [2.75, 3.05) is 19.7 Å². The minimum absolute atomic E-state index is 0.0885. The van der Waals surface area contributed by atoms with Crippen molar-refractivity contribution in [1.29, 1.82) is 0 Å². The SMILES string of the molecule is Fc1ccc(CN2CCOC(c3cn4c(-c5ccncc5)cccc4n3)C2)cc1. The Morgan fingerprint density at radius 3 is 2.69 bits per heavy atom. The number of halogens is 1. The van der Waals surface area contributed by atoms with Crippen molar-refractivity contribution in [1.82, 2.24) is 19.3 Å². The van der Waals surface area contributed by atoms with E-state index in [1.165, 1.54) is 12.1 Å². The van der Waals surface area contributed by atoms with Gasteiger partial charge in [-0.25, -0.2) is 9.37 Å². The number of imidazole rings is 1. The van der Waals surface area contributed by atoms with Crippen molar-refractivity contribution in [3.8, 4) is 11.3 Å². The minimum Gasteiger partial charge on any atom is -0.369 e. The molecule has 29 heavy (non-hydrogen) atoms. The van der Waals surface area contributed by atoms with Crippen LogP contribution in [0.2, 0.25) is 0 Å². The second-order valence-corrected chi connectivity index (χ2v) is 7.26. The summed E-state index contributed by atoms with van der Waals surface area (Å²) in [6.45, 7) is 3.03. The van der Waals surface area contributed by atoms with Crippen LogP contribution in [-0.4, -0.2) is 39.0 Å². The average Bonchev–Trinajstić information content (AvgIpc) is 3.21. The van der Waals surface area contributed by atoms with Gasteiger partial charge in [-0.1, -0.05) is 18.2 Å². The first-order chi connectivity index (χ1) is 14.3. The van der Waals surface area contributed by atoms with Crippen molar-refractivity contribution in [2.24, 2.45) is 0 Å². The maximum Gasteiger partial charge on any atom is 0.137 e. The van der Waals surface area contributed by atoms with Crippen molar-refractivity contribution < 1.29 is 9.13 Å². The van der Waals surface area contributed by atoms with Gasteiger partial charge in [-0.3, -0.25) is 14.3 Å². The first-order valence-corrected chi connectivity index (χ1v) is 9.73. The molecule has 0 spiro atoms. The zero-order valence-electron chi connectivity index (χ0n) is 15.9. The van der Waals surface area contributed by atoms with E-state index < -0.39 is 0 Å². The van der Waals surface area contributed by atoms with Crippen molar-refractivity contribution in [3.05, 3.63) is 90.3 Å². The summed E-state index contributed by atoms with van der Waals surface area (Å²) in [4.78, 5) is 11.3. The van der Waals surface area contributed by atoms with E-state index >= 15 is 0 Å². The molecule has 5 rings (SSSR count). The van der Waals surface area contributed by atoms with E-state index in [4.69, 9.17) is 9.72 Å². The normalized spacial score (nSPS) is 17.6. The Kier molecular flexibility index (Phi) is 4.79. The zero-order valence-corrected chi connectivity index (χ0v) is 15.9. The monoisotopic (exact) mass is 388 g/mol. The predicted octanol–water partition coefficient (Wildman–Crippen LogP) is 4.11. The molecule has 1 unspecified atom stereocenters. The third kappa shape index (κ3) is 3.77. The number of hydrogen-bond acceptors (Lipinski definition) is 4. The summed E-state index contributed by atoms with van der Waals surface area (Å²) >= 11 is 0. The number of rotatable bonds is 4. The van der Waals surface area contributed by atoms with Crippen LogP contribution in [0.1, 0.15) is 17.4 Å². The van der Waals surface area contributed by atoms with Gasteiger partial charge in [0.1, 0.15) is 17.6 Å². The first-order valence-electron chi connectivity index (χ1n) is 9.73. The number of nitrogens with zero attached hydrogens (tertiary/aromatic N) is 4. The first kappa shape index (κ1) is 18.0. The zero-order chi connectivity index (χ0) is 19.6. The maximum atomic E-state index is 13.2. The standard InChI is InChI=1S/C23H21FN4O/c24-19-6-4-17(5-7-19)14-27-12-13-29-22(16-27)20-15-28-21(2-1-3-23(28)26-20)18-8-10-25-11-9-18/h1-11,15,22H,12-14,16H2. The van der Waals surface area contributed by atoms with Crippen molar-refractivity contribution in [3.63, 3.8) is 0 Å². The molecule has 1 saturated heterocycles. The highest BCUT2D eigenvalue weighted by Gasteiger charge is 2.24. The molecule has 0 bridgehead atoms. The van der Waals surface area contributed by atoms with Crippen LogP contribution in [0.5, 0.6) is 0 Å². The maximum absolute atomic E-state index is 13.2. The lowest BCUT2D eigenvalue weighted by molar-refractivity contribution is -0.0347. The summed E-state index contributed by atoms with van der Waals surface area (Å²) in [5, 5.41) is 0. The van der Waals surface area contributed by atoms with Gasteiger partial charge < -0.3 is 4.74 Å². The molecule has 4 aromatic rings. The van der Waals surface area contributed by atoms with Crippen LogP contribution in [0.25, 0.3) is 16.9 Å². The van der Waals surface area contributed by atoms with E-state index in [-0.39, 0.29) is 11.9 Å². The third-order valence-corrected chi connectivity index (χ3v) is 5.29. The average molecular weight is 388 g/mol. The highest BCUT2D eigenvalue weighted by molar-refractivity contribution is 5.63. The number of pyridine rings is 2. The molecule has 0 N–H and O–H groups in total. The van der Waals surface area contributed by atoms with Gasteiger partial charge in [0.25, 0.3) is 0 Å². The van der Waals surface area contributed by atoms with Crippen LogP contribution < -0.4 is 0 Å². The van der Waals surface area contributed by atoms with Gasteiger partial charge in [-0.05, 0) is 42.0 Å². The molecule has 1 fully saturated rings. The molecule has 0 radical (unpaired) electrons. The van der Waals surface area contributed by atoms with E-state index in [2.05, 4.69) is 26.5 Å². The van der Waals surface area contributed by atoms with Crippen LogP contribution in [0.4, 0.5) is 4.39 Å². The lowest BCUT2D eigenvalue weighted by atomic mass is 10.1. The van der Waals surface area contributed by atoms with Crippen LogP contribution in [0.3, 0.4) is 0 Å². The fraction of sp³-hybridized carbons (Fsp3) is 0.217. The molecule has 1 aromatic carbocycles. The molecule has 0 amide bonds. The summed E-state index contributed by atoms with van der Waals surface area (Å²) in [5.74, 6) is -0.205. The number of aromatic nitrogens is 3. The molecule has 1 aliphatic rings. The molecule has 0 saturated carbocycles. The Balaban J connectivity index is 1.39. The summed E-state index contributed by atoms with van der Waals surface area (Å²) < 4.78 is 21.3. The smallest absolute Gasteiger partial charge is 0.137 e. The van der Waals surface area contributed by atoms with Gasteiger partial charge in [0, 0.05) is 43.8 Å². The molecule has 1 atom stereocenters. The Bertz CT molecular complexity index is 1110. The molecular formula is C23H21FN4O. The van der Waals surface area contributed by atoms with Crippen LogP contribution >= 0.6 is 0 Å². The van der Waals surface area contributed by atoms with Crippen LogP contribution in [-0.2, 0) is 11.3 Å². The molecule has 146 valence electrons. The van der Waals surface area contributed by atoms with Gasteiger partial charge in [0.05, 0.1) is 18.0 Å². The highest BCUT2D eigenvalue weighted by atomic mass is 19.1. The highest BCUT2D eigenvalue weighted by Crippen LogP contribution is 2.26. The fourth-order valence-corrected chi connectivity index (χ4v) is 3.82. The van der Waals surface area contributed by atoms with Crippen molar-refractivity contribution >= 4 is 5.65 Å². The second kappa shape index (κ2) is 7.73. The Morgan fingerprint density at radius 1 is 1.03 bits per heavy atom. The quantitative estimate of drug-likeness (QED) is 0.528. The third-order valence-electron chi connectivity index (χ3n) is 5.29. The summed E-state index contributed by atoms with van der Waals surface area (Å²) in [6, 6.07) is 16.8. The number of morpholine rings is 1. The lowest BCUT2D eigenvalue weighted by Crippen LogP contribution is -2.37. The van der Waals surface area contributed by atoms with Gasteiger partial charge in [-0.15, -0.1) is 0 Å². The number of benzene rings is 1. The molecule has 0 aliphatic carbocycles. The number of hydrogen-bond donors (Lipinski definition) is 0. The molecule has 3 aromatic heterocycles. The fourth-order valence-electron chi connectivity index (χ4n) is 3.82.